The van der Waals surface area contributed by atoms with Gasteiger partial charge in [-0.15, -0.1) is 0 Å². The summed E-state index contributed by atoms with van der Waals surface area (Å²) in [6.45, 7) is -0.472. The number of carbonyl (C=O) groups excluding carboxylic acids is 1. The maximum absolute atomic E-state index is 11.7. The predicted molar refractivity (Wildman–Crippen MR) is 82.4 cm³/mol. The van der Waals surface area contributed by atoms with E-state index in [9.17, 15) is 9.59 Å². The second-order valence-electron chi connectivity index (χ2n) is 3.94. The normalized spacial score (nSPS) is 16.0. The number of methoxy groups -OCH3 is 1. The summed E-state index contributed by atoms with van der Waals surface area (Å²) in [4.78, 5) is 22.7. The number of amides is 1. The van der Waals surface area contributed by atoms with Crippen LogP contribution in [0.15, 0.2) is 23.1 Å². The van der Waals surface area contributed by atoms with E-state index in [1.165, 1.54) is 7.11 Å². The molecule has 1 fully saturated rings. The molecule has 0 atom stereocenters. The number of nitrogens with one attached hydrogen (secondary N) is 1. The highest BCUT2D eigenvalue weighted by atomic mass is 32.2. The van der Waals surface area contributed by atoms with Crippen LogP contribution in [0.5, 0.6) is 11.5 Å². The van der Waals surface area contributed by atoms with Crippen LogP contribution >= 0.6 is 24.0 Å². The molecule has 110 valence electrons. The van der Waals surface area contributed by atoms with Crippen molar-refractivity contribution in [2.24, 2.45) is 0 Å². The molecule has 0 aliphatic carbocycles. The van der Waals surface area contributed by atoms with Crippen molar-refractivity contribution >= 4 is 46.3 Å². The van der Waals surface area contributed by atoms with Crippen LogP contribution in [0.25, 0.3) is 6.08 Å². The van der Waals surface area contributed by atoms with Crippen LogP contribution in [0.1, 0.15) is 5.56 Å². The van der Waals surface area contributed by atoms with Crippen molar-refractivity contribution in [2.45, 2.75) is 0 Å². The van der Waals surface area contributed by atoms with Crippen LogP contribution in [-0.2, 0) is 9.59 Å². The van der Waals surface area contributed by atoms with E-state index in [0.717, 1.165) is 11.8 Å². The van der Waals surface area contributed by atoms with E-state index in [0.29, 0.717) is 26.3 Å². The van der Waals surface area contributed by atoms with Crippen LogP contribution in [0, 0.1) is 0 Å². The fourth-order valence-corrected chi connectivity index (χ4v) is 2.63. The molecule has 1 aromatic carbocycles. The first-order valence-corrected chi connectivity index (χ1v) is 6.99. The average Bonchev–Trinajstić information content (AvgIpc) is 2.75. The number of ether oxygens (including phenoxy) is 2. The Morgan fingerprint density at radius 3 is 2.86 bits per heavy atom. The first-order valence-electron chi connectivity index (χ1n) is 5.77. The van der Waals surface area contributed by atoms with Crippen LogP contribution in [-0.4, -0.2) is 35.0 Å². The van der Waals surface area contributed by atoms with E-state index < -0.39 is 12.6 Å². The van der Waals surface area contributed by atoms with Crippen molar-refractivity contribution in [3.8, 4) is 11.5 Å². The van der Waals surface area contributed by atoms with Gasteiger partial charge in [0.15, 0.2) is 6.61 Å². The molecule has 0 radical (unpaired) electrons. The lowest BCUT2D eigenvalue weighted by molar-refractivity contribution is -0.139. The molecule has 0 unspecified atom stereocenters. The Balaban J connectivity index is 2.34. The molecule has 1 aromatic rings. The van der Waals surface area contributed by atoms with Crippen LogP contribution in [0.3, 0.4) is 0 Å². The monoisotopic (exact) mass is 325 g/mol. The quantitative estimate of drug-likeness (QED) is 0.629. The number of benzene rings is 1. The summed E-state index contributed by atoms with van der Waals surface area (Å²) in [5.41, 5.74) is 0.540. The Morgan fingerprint density at radius 2 is 2.29 bits per heavy atom. The van der Waals surface area contributed by atoms with Gasteiger partial charge in [-0.25, -0.2) is 4.79 Å². The molecule has 1 heterocycles. The van der Waals surface area contributed by atoms with E-state index in [-0.39, 0.29) is 5.91 Å². The van der Waals surface area contributed by atoms with E-state index in [4.69, 9.17) is 26.8 Å². The minimum absolute atomic E-state index is 0.294. The van der Waals surface area contributed by atoms with Gasteiger partial charge in [-0.1, -0.05) is 24.0 Å². The van der Waals surface area contributed by atoms with Crippen LogP contribution < -0.4 is 14.8 Å². The Hall–Kier alpha value is -2.06. The molecule has 2 N–H and O–H groups in total. The van der Waals surface area contributed by atoms with Gasteiger partial charge >= 0.3 is 5.97 Å². The maximum atomic E-state index is 11.7. The van der Waals surface area contributed by atoms with Gasteiger partial charge in [0.25, 0.3) is 5.91 Å². The highest BCUT2D eigenvalue weighted by molar-refractivity contribution is 8.26. The smallest absolute Gasteiger partial charge is 0.341 e. The van der Waals surface area contributed by atoms with Crippen LogP contribution in [0.2, 0.25) is 0 Å². The molecule has 1 aliphatic heterocycles. The fourth-order valence-electron chi connectivity index (χ4n) is 1.60. The molecule has 1 amide bonds. The molecule has 21 heavy (non-hydrogen) atoms. The zero-order valence-electron chi connectivity index (χ0n) is 10.9. The summed E-state index contributed by atoms with van der Waals surface area (Å²) in [6.07, 6.45) is 1.58. The van der Waals surface area contributed by atoms with Crippen molar-refractivity contribution in [1.29, 1.82) is 0 Å². The van der Waals surface area contributed by atoms with Crippen molar-refractivity contribution < 1.29 is 24.2 Å². The molecular weight excluding hydrogens is 314 g/mol. The van der Waals surface area contributed by atoms with Crippen molar-refractivity contribution in [3.05, 3.63) is 28.7 Å². The summed E-state index contributed by atoms with van der Waals surface area (Å²) in [6, 6.07) is 4.88. The topological polar surface area (TPSA) is 84.9 Å². The minimum atomic E-state index is -1.08. The summed E-state index contributed by atoms with van der Waals surface area (Å²) >= 11 is 6.05. The molecule has 6 nitrogen and oxygen atoms in total. The standard InChI is InChI=1S/C13H11NO5S2/c1-18-8-2-3-9(19-6-11(15)16)7(4-8)5-10-12(17)14-13(20)21-10/h2-5H,6H2,1H3,(H,15,16)(H,14,17,20)/b10-5-. The summed E-state index contributed by atoms with van der Waals surface area (Å²) in [7, 11) is 1.51. The van der Waals surface area contributed by atoms with E-state index in [1.807, 2.05) is 0 Å². The summed E-state index contributed by atoms with van der Waals surface area (Å²) in [5.74, 6) is -0.469. The first kappa shape index (κ1) is 15.3. The first-order chi connectivity index (χ1) is 9.99. The molecule has 1 saturated heterocycles. The van der Waals surface area contributed by atoms with Gasteiger partial charge in [0, 0.05) is 5.56 Å². The lowest BCUT2D eigenvalue weighted by Gasteiger charge is -2.09. The molecule has 0 spiro atoms. The predicted octanol–water partition coefficient (Wildman–Crippen LogP) is 1.65. The number of rotatable bonds is 5. The average molecular weight is 325 g/mol. The highest BCUT2D eigenvalue weighted by Crippen LogP contribution is 2.31. The molecule has 8 heteroatoms. The largest absolute Gasteiger partial charge is 0.497 e. The number of thioether (sulfide) groups is 1. The fraction of sp³-hybridized carbons (Fsp3) is 0.154. The van der Waals surface area contributed by atoms with Crippen molar-refractivity contribution in [2.75, 3.05) is 13.7 Å². The number of thiocarbonyl (C=S) groups is 1. The number of carbonyl (C=O) groups is 2. The van der Waals surface area contributed by atoms with Gasteiger partial charge in [-0.3, -0.25) is 4.79 Å². The number of carboxylic acids is 1. The highest BCUT2D eigenvalue weighted by Gasteiger charge is 2.22. The Labute approximate surface area is 130 Å². The number of carboxylic acid groups (broad SMARTS) is 1. The molecule has 2 rings (SSSR count). The second-order valence-corrected chi connectivity index (χ2v) is 5.66. The van der Waals surface area contributed by atoms with Gasteiger partial charge in [0.1, 0.15) is 15.8 Å². The Morgan fingerprint density at radius 1 is 1.52 bits per heavy atom. The SMILES string of the molecule is COc1ccc(OCC(=O)O)c(/C=C2\SC(=S)NC2=O)c1. The van der Waals surface area contributed by atoms with E-state index in [1.54, 1.807) is 24.3 Å². The molecule has 0 saturated carbocycles. The third kappa shape index (κ3) is 3.96. The zero-order chi connectivity index (χ0) is 15.4. The van der Waals surface area contributed by atoms with Gasteiger partial charge in [0.05, 0.1) is 12.0 Å². The van der Waals surface area contributed by atoms with Gasteiger partial charge in [-0.2, -0.15) is 0 Å². The van der Waals surface area contributed by atoms with Crippen molar-refractivity contribution in [1.82, 2.24) is 5.32 Å². The minimum Gasteiger partial charge on any atom is -0.497 e. The number of aliphatic carboxylic acids is 1. The number of hydrogen-bond donors (Lipinski definition) is 2. The lowest BCUT2D eigenvalue weighted by atomic mass is 10.1. The summed E-state index contributed by atoms with van der Waals surface area (Å²) < 4.78 is 10.7. The molecule has 0 aromatic heterocycles. The second kappa shape index (κ2) is 6.59. The molecule has 0 bridgehead atoms. The van der Waals surface area contributed by atoms with Crippen molar-refractivity contribution in [3.63, 3.8) is 0 Å². The Bertz CT molecular complexity index is 641. The van der Waals surface area contributed by atoms with E-state index >= 15 is 0 Å². The van der Waals surface area contributed by atoms with Gasteiger partial charge in [0.2, 0.25) is 0 Å². The summed E-state index contributed by atoms with van der Waals surface area (Å²) in [5, 5.41) is 11.2. The van der Waals surface area contributed by atoms with Gasteiger partial charge in [-0.05, 0) is 24.3 Å². The van der Waals surface area contributed by atoms with E-state index in [2.05, 4.69) is 5.32 Å². The number of hydrogen-bond acceptors (Lipinski definition) is 6. The zero-order valence-corrected chi connectivity index (χ0v) is 12.5. The van der Waals surface area contributed by atoms with Gasteiger partial charge < -0.3 is 19.9 Å². The third-order valence-corrected chi connectivity index (χ3v) is 3.66. The van der Waals surface area contributed by atoms with Crippen LogP contribution in [0.4, 0.5) is 0 Å². The molecular formula is C13H11NO5S2. The lowest BCUT2D eigenvalue weighted by Crippen LogP contribution is -2.17. The third-order valence-electron chi connectivity index (χ3n) is 2.50. The maximum Gasteiger partial charge on any atom is 0.341 e. The Kier molecular flexibility index (Phi) is 4.81. The molecule has 1 aliphatic rings.